The Balaban J connectivity index is 2.94. The summed E-state index contributed by atoms with van der Waals surface area (Å²) in [6, 6.07) is 1.53. The van der Waals surface area contributed by atoms with Crippen molar-refractivity contribution in [2.45, 2.75) is 6.92 Å². The fourth-order valence-electron chi connectivity index (χ4n) is 0.845. The van der Waals surface area contributed by atoms with Crippen molar-refractivity contribution in [3.63, 3.8) is 0 Å². The highest BCUT2D eigenvalue weighted by Gasteiger charge is 2.10. The van der Waals surface area contributed by atoms with Gasteiger partial charge in [0.1, 0.15) is 5.56 Å². The molecule has 0 amide bonds. The molecule has 70 valence electrons. The minimum absolute atomic E-state index is 0.242. The second-order valence-corrected chi connectivity index (χ2v) is 3.24. The molecule has 1 heterocycles. The molecule has 1 aromatic heterocycles. The molecule has 0 unspecified atom stereocenters. The first-order chi connectivity index (χ1) is 6.13. The summed E-state index contributed by atoms with van der Waals surface area (Å²) in [7, 11) is 0. The summed E-state index contributed by atoms with van der Waals surface area (Å²) >= 11 is 3.10. The van der Waals surface area contributed by atoms with Gasteiger partial charge < -0.3 is 9.94 Å². The molecule has 5 heteroatoms. The summed E-state index contributed by atoms with van der Waals surface area (Å²) in [5.41, 5.74) is 0.242. The fourth-order valence-corrected chi connectivity index (χ4v) is 1.29. The minimum Gasteiger partial charge on any atom is -0.619 e. The van der Waals surface area contributed by atoms with Gasteiger partial charge in [0.2, 0.25) is 0 Å². The van der Waals surface area contributed by atoms with Crippen LogP contribution in [0.25, 0.3) is 0 Å². The van der Waals surface area contributed by atoms with E-state index < -0.39 is 5.97 Å². The third-order valence-electron chi connectivity index (χ3n) is 1.32. The average Bonchev–Trinajstić information content (AvgIpc) is 2.03. The van der Waals surface area contributed by atoms with Crippen molar-refractivity contribution in [1.82, 2.24) is 0 Å². The Hall–Kier alpha value is -1.10. The average molecular weight is 246 g/mol. The van der Waals surface area contributed by atoms with Crippen molar-refractivity contribution in [2.75, 3.05) is 6.61 Å². The molecule has 0 radical (unpaired) electrons. The standard InChI is InChI=1S/C8H8BrNO3/c1-2-13-8(11)6-3-7(9)5-10(12)4-6/h3-5H,2H2,1H3. The van der Waals surface area contributed by atoms with E-state index in [1.807, 2.05) is 0 Å². The van der Waals surface area contributed by atoms with Gasteiger partial charge in [-0.25, -0.2) is 4.79 Å². The van der Waals surface area contributed by atoms with Crippen molar-refractivity contribution in [1.29, 1.82) is 0 Å². The number of esters is 1. The lowest BCUT2D eigenvalue weighted by atomic mass is 10.3. The highest BCUT2D eigenvalue weighted by Crippen LogP contribution is 2.09. The van der Waals surface area contributed by atoms with Gasteiger partial charge in [0.25, 0.3) is 0 Å². The van der Waals surface area contributed by atoms with Crippen molar-refractivity contribution >= 4 is 21.9 Å². The summed E-state index contributed by atoms with van der Waals surface area (Å²) in [6.45, 7) is 2.01. The summed E-state index contributed by atoms with van der Waals surface area (Å²) in [5.74, 6) is -0.492. The van der Waals surface area contributed by atoms with Gasteiger partial charge in [0.15, 0.2) is 12.4 Å². The van der Waals surface area contributed by atoms with Crippen LogP contribution < -0.4 is 4.73 Å². The maximum Gasteiger partial charge on any atom is 0.344 e. The van der Waals surface area contributed by atoms with Gasteiger partial charge in [-0.05, 0) is 28.9 Å². The third-order valence-corrected chi connectivity index (χ3v) is 1.76. The van der Waals surface area contributed by atoms with E-state index in [1.54, 1.807) is 6.92 Å². The van der Waals surface area contributed by atoms with E-state index in [0.717, 1.165) is 0 Å². The van der Waals surface area contributed by atoms with E-state index in [1.165, 1.54) is 18.5 Å². The molecule has 0 saturated heterocycles. The highest BCUT2D eigenvalue weighted by molar-refractivity contribution is 9.10. The van der Waals surface area contributed by atoms with Crippen molar-refractivity contribution in [3.05, 3.63) is 33.7 Å². The van der Waals surface area contributed by atoms with Crippen LogP contribution in [-0.2, 0) is 4.74 Å². The Morgan fingerprint density at radius 3 is 2.92 bits per heavy atom. The number of pyridine rings is 1. The first kappa shape index (κ1) is 9.98. The molecule has 4 nitrogen and oxygen atoms in total. The van der Waals surface area contributed by atoms with Crippen LogP contribution in [0.4, 0.5) is 0 Å². The Kier molecular flexibility index (Phi) is 3.25. The molecule has 0 atom stereocenters. The number of ether oxygens (including phenoxy) is 1. The van der Waals surface area contributed by atoms with Crippen LogP contribution in [0.5, 0.6) is 0 Å². The molecule has 0 saturated carbocycles. The normalized spacial score (nSPS) is 9.69. The second kappa shape index (κ2) is 4.23. The van der Waals surface area contributed by atoms with E-state index in [2.05, 4.69) is 15.9 Å². The summed E-state index contributed by atoms with van der Waals surface area (Å²) in [6.07, 6.45) is 2.48. The zero-order valence-electron chi connectivity index (χ0n) is 6.99. The molecule has 13 heavy (non-hydrogen) atoms. The molecule has 0 aliphatic carbocycles. The van der Waals surface area contributed by atoms with Crippen LogP contribution in [0.15, 0.2) is 22.9 Å². The van der Waals surface area contributed by atoms with Gasteiger partial charge in [-0.15, -0.1) is 0 Å². The topological polar surface area (TPSA) is 53.2 Å². The molecule has 0 spiro atoms. The first-order valence-corrected chi connectivity index (χ1v) is 4.49. The van der Waals surface area contributed by atoms with Crippen LogP contribution in [0.3, 0.4) is 0 Å². The van der Waals surface area contributed by atoms with E-state index in [9.17, 15) is 10.0 Å². The largest absolute Gasteiger partial charge is 0.619 e. The molecule has 0 bridgehead atoms. The van der Waals surface area contributed by atoms with E-state index >= 15 is 0 Å². The Labute approximate surface area is 83.8 Å². The number of hydrogen-bond acceptors (Lipinski definition) is 3. The number of halogens is 1. The minimum atomic E-state index is -0.492. The van der Waals surface area contributed by atoms with Gasteiger partial charge in [0, 0.05) is 0 Å². The van der Waals surface area contributed by atoms with E-state index in [0.29, 0.717) is 15.8 Å². The summed E-state index contributed by atoms with van der Waals surface area (Å²) in [5, 5.41) is 10.9. The maximum absolute atomic E-state index is 11.2. The molecular weight excluding hydrogens is 238 g/mol. The van der Waals surface area contributed by atoms with Gasteiger partial charge in [-0.1, -0.05) is 0 Å². The zero-order chi connectivity index (χ0) is 9.84. The number of carbonyl (C=O) groups excluding carboxylic acids is 1. The van der Waals surface area contributed by atoms with Gasteiger partial charge >= 0.3 is 5.97 Å². The van der Waals surface area contributed by atoms with Crippen molar-refractivity contribution in [2.24, 2.45) is 0 Å². The van der Waals surface area contributed by atoms with Crippen LogP contribution >= 0.6 is 15.9 Å². The van der Waals surface area contributed by atoms with Crippen LogP contribution in [-0.4, -0.2) is 12.6 Å². The van der Waals surface area contributed by atoms with Crippen LogP contribution in [0, 0.1) is 5.21 Å². The molecule has 1 aromatic rings. The first-order valence-electron chi connectivity index (χ1n) is 3.70. The molecule has 1 rings (SSSR count). The van der Waals surface area contributed by atoms with Crippen LogP contribution in [0.2, 0.25) is 0 Å². The molecule has 0 fully saturated rings. The predicted molar refractivity (Wildman–Crippen MR) is 49.1 cm³/mol. The fraction of sp³-hybridized carbons (Fsp3) is 0.250. The SMILES string of the molecule is CCOC(=O)c1cc(Br)c[n+]([O-])c1. The lowest BCUT2D eigenvalue weighted by Gasteiger charge is -2.01. The zero-order valence-corrected chi connectivity index (χ0v) is 8.58. The number of nitrogens with zero attached hydrogens (tertiary/aromatic N) is 1. The van der Waals surface area contributed by atoms with Crippen LogP contribution in [0.1, 0.15) is 17.3 Å². The number of aromatic nitrogens is 1. The molecular formula is C8H8BrNO3. The second-order valence-electron chi connectivity index (χ2n) is 2.32. The molecule has 0 aromatic carbocycles. The smallest absolute Gasteiger partial charge is 0.344 e. The third kappa shape index (κ3) is 2.69. The Bertz CT molecular complexity index is 307. The van der Waals surface area contributed by atoms with Gasteiger partial charge in [0.05, 0.1) is 11.1 Å². The van der Waals surface area contributed by atoms with Crippen molar-refractivity contribution in [3.8, 4) is 0 Å². The monoisotopic (exact) mass is 245 g/mol. The lowest BCUT2D eigenvalue weighted by molar-refractivity contribution is -0.606. The van der Waals surface area contributed by atoms with Crippen molar-refractivity contribution < 1.29 is 14.3 Å². The number of hydrogen-bond donors (Lipinski definition) is 0. The van der Waals surface area contributed by atoms with Gasteiger partial charge in [-0.3, -0.25) is 0 Å². The lowest BCUT2D eigenvalue weighted by Crippen LogP contribution is -2.26. The maximum atomic E-state index is 11.2. The number of carbonyl (C=O) groups is 1. The molecule has 0 aliphatic heterocycles. The highest BCUT2D eigenvalue weighted by atomic mass is 79.9. The molecule has 0 aliphatic rings. The Morgan fingerprint density at radius 2 is 2.38 bits per heavy atom. The Morgan fingerprint density at radius 1 is 1.69 bits per heavy atom. The molecule has 0 N–H and O–H groups in total. The summed E-state index contributed by atoms with van der Waals surface area (Å²) in [4.78, 5) is 11.2. The summed E-state index contributed by atoms with van der Waals surface area (Å²) < 4.78 is 5.83. The van der Waals surface area contributed by atoms with E-state index in [4.69, 9.17) is 4.74 Å². The predicted octanol–water partition coefficient (Wildman–Crippen LogP) is 1.26. The quantitative estimate of drug-likeness (QED) is 0.448. The van der Waals surface area contributed by atoms with Gasteiger partial charge in [-0.2, -0.15) is 4.73 Å². The van der Waals surface area contributed by atoms with E-state index in [-0.39, 0.29) is 5.56 Å². The number of rotatable bonds is 2.